The van der Waals surface area contributed by atoms with Crippen LogP contribution < -0.4 is 0 Å². The number of unbranched alkanes of at least 4 members (excludes halogenated alkanes) is 6. The Morgan fingerprint density at radius 3 is 0.821 bits per heavy atom. The van der Waals surface area contributed by atoms with Gasteiger partial charge in [0.1, 0.15) is 0 Å². The Morgan fingerprint density at radius 1 is 0.218 bits per heavy atom. The van der Waals surface area contributed by atoms with Crippen LogP contribution in [0.15, 0.2) is 109 Å². The predicted molar refractivity (Wildman–Crippen MR) is 351 cm³/mol. The van der Waals surface area contributed by atoms with Crippen LogP contribution in [0.3, 0.4) is 0 Å². The van der Waals surface area contributed by atoms with Gasteiger partial charge in [0.25, 0.3) is 0 Å². The lowest BCUT2D eigenvalue weighted by Crippen LogP contribution is -1.97. The molecular weight excluding hydrogens is 937 g/mol. The minimum Gasteiger partial charge on any atom is -0.0654 e. The van der Waals surface area contributed by atoms with Gasteiger partial charge in [0.15, 0.2) is 0 Å². The normalized spacial score (nSPS) is 12.0. The Bertz CT molecular complexity index is 3770. The topological polar surface area (TPSA) is 0 Å². The molecule has 0 aliphatic carbocycles. The highest BCUT2D eigenvalue weighted by atomic mass is 14.2. The summed E-state index contributed by atoms with van der Waals surface area (Å²) in [4.78, 5) is 0. The minimum absolute atomic E-state index is 1.18. The van der Waals surface area contributed by atoms with E-state index < -0.39 is 0 Å². The molecule has 0 heteroatoms. The summed E-state index contributed by atoms with van der Waals surface area (Å²) in [7, 11) is 0. The number of aryl methyl sites for hydroxylation is 12. The maximum atomic E-state index is 2.49. The van der Waals surface area contributed by atoms with Gasteiger partial charge in [-0.25, -0.2) is 0 Å². The second-order valence-corrected chi connectivity index (χ2v) is 23.9. The van der Waals surface area contributed by atoms with E-state index in [0.717, 1.165) is 0 Å². The summed E-state index contributed by atoms with van der Waals surface area (Å²) in [6.07, 6.45) is 22.2. The molecule has 0 aliphatic heterocycles. The van der Waals surface area contributed by atoms with Crippen LogP contribution >= 0.6 is 0 Å². The first-order valence-corrected chi connectivity index (χ1v) is 31.0. The molecule has 0 fully saturated rings. The van der Waals surface area contributed by atoms with E-state index >= 15 is 0 Å². The quantitative estimate of drug-likeness (QED) is 0.0752. The molecule has 0 atom stereocenters. The molecule has 0 bridgehead atoms. The van der Waals surface area contributed by atoms with Gasteiger partial charge in [0.05, 0.1) is 0 Å². The Hall–Kier alpha value is -6.24. The first kappa shape index (κ1) is 55.1. The first-order chi connectivity index (χ1) is 38.0. The maximum absolute atomic E-state index is 2.49. The highest BCUT2D eigenvalue weighted by Crippen LogP contribution is 2.44. The van der Waals surface area contributed by atoms with Crippen molar-refractivity contribution in [2.45, 2.75) is 199 Å². The molecule has 0 spiro atoms. The predicted octanol–water partition coefficient (Wildman–Crippen LogP) is 23.7. The van der Waals surface area contributed by atoms with Crippen LogP contribution in [0.1, 0.15) is 185 Å². The van der Waals surface area contributed by atoms with E-state index in [4.69, 9.17) is 0 Å². The van der Waals surface area contributed by atoms with E-state index in [1.165, 1.54) is 279 Å². The van der Waals surface area contributed by atoms with Gasteiger partial charge in [-0.3, -0.25) is 0 Å². The number of benzene rings is 12. The van der Waals surface area contributed by atoms with E-state index in [9.17, 15) is 0 Å². The molecule has 12 rings (SSSR count). The maximum Gasteiger partial charge on any atom is -0.00211 e. The fourth-order valence-electron chi connectivity index (χ4n) is 13.8. The first-order valence-electron chi connectivity index (χ1n) is 31.0. The van der Waals surface area contributed by atoms with E-state index in [1.807, 2.05) is 0 Å². The fraction of sp³-hybridized carbons (Fsp3) is 0.385. The average molecular weight is 1030 g/mol. The Balaban J connectivity index is 0.000000132. The van der Waals surface area contributed by atoms with Crippen molar-refractivity contribution in [3.63, 3.8) is 0 Å². The zero-order valence-corrected chi connectivity index (χ0v) is 50.1. The van der Waals surface area contributed by atoms with E-state index in [2.05, 4.69) is 192 Å². The van der Waals surface area contributed by atoms with Crippen LogP contribution in [0.2, 0.25) is 0 Å². The van der Waals surface area contributed by atoms with Crippen molar-refractivity contribution >= 4 is 97.0 Å². The smallest absolute Gasteiger partial charge is 0.00211 e. The lowest BCUT2D eigenvalue weighted by molar-refractivity contribution is 0.793. The van der Waals surface area contributed by atoms with E-state index in [0.29, 0.717) is 0 Å². The van der Waals surface area contributed by atoms with Gasteiger partial charge in [-0.2, -0.15) is 0 Å². The monoisotopic (exact) mass is 1030 g/mol. The molecule has 78 heavy (non-hydrogen) atoms. The van der Waals surface area contributed by atoms with Crippen LogP contribution in [0.25, 0.3) is 97.0 Å². The largest absolute Gasteiger partial charge is 0.0654 e. The van der Waals surface area contributed by atoms with Crippen molar-refractivity contribution in [2.24, 2.45) is 0 Å². The van der Waals surface area contributed by atoms with Crippen LogP contribution in [0.5, 0.6) is 0 Å². The SMILES string of the molecule is CCCCc1cc(C)c2ccc3c(CCCC)cc(C)c4ccc1c2c43.CCCCc1cc2c(C)ccc3c(CCCC)cc4c(C)ccc1c4c23.CCCCc1cc2ccc3c(C)c(CCCC)cc4ccc(c1C)c2c43. The Kier molecular flexibility index (Phi) is 17.0. The van der Waals surface area contributed by atoms with Gasteiger partial charge in [-0.1, -0.05) is 189 Å². The van der Waals surface area contributed by atoms with Gasteiger partial charge < -0.3 is 0 Å². The van der Waals surface area contributed by atoms with Gasteiger partial charge in [0.2, 0.25) is 0 Å². The molecule has 0 heterocycles. The summed E-state index contributed by atoms with van der Waals surface area (Å²) in [5.41, 5.74) is 17.8. The third-order valence-electron chi connectivity index (χ3n) is 18.4. The molecule has 402 valence electrons. The number of hydrogen-bond donors (Lipinski definition) is 0. The molecule has 0 amide bonds. The average Bonchev–Trinajstić information content (AvgIpc) is 3.53. The van der Waals surface area contributed by atoms with Crippen molar-refractivity contribution < 1.29 is 0 Å². The Labute approximate surface area is 469 Å². The molecule has 0 aromatic heterocycles. The second-order valence-electron chi connectivity index (χ2n) is 23.9. The number of hydrogen-bond acceptors (Lipinski definition) is 0. The summed E-state index contributed by atoms with van der Waals surface area (Å²) < 4.78 is 0. The van der Waals surface area contributed by atoms with Gasteiger partial charge >= 0.3 is 0 Å². The molecule has 12 aromatic rings. The molecule has 0 saturated heterocycles. The van der Waals surface area contributed by atoms with Gasteiger partial charge in [-0.15, -0.1) is 0 Å². The van der Waals surface area contributed by atoms with Crippen molar-refractivity contribution in [1.82, 2.24) is 0 Å². The summed E-state index contributed by atoms with van der Waals surface area (Å²) >= 11 is 0. The second kappa shape index (κ2) is 24.0. The highest BCUT2D eigenvalue weighted by molar-refractivity contribution is 6.27. The summed E-state index contributed by atoms with van der Waals surface area (Å²) in [5, 5.41) is 26.4. The Morgan fingerprint density at radius 2 is 0.487 bits per heavy atom. The lowest BCUT2D eigenvalue weighted by Gasteiger charge is -2.20. The summed E-state index contributed by atoms with van der Waals surface area (Å²) in [6.45, 7) is 27.4. The van der Waals surface area contributed by atoms with Gasteiger partial charge in [-0.05, 0) is 282 Å². The van der Waals surface area contributed by atoms with Crippen molar-refractivity contribution in [3.8, 4) is 0 Å². The third-order valence-corrected chi connectivity index (χ3v) is 18.4. The van der Waals surface area contributed by atoms with Crippen LogP contribution in [-0.2, 0) is 38.5 Å². The summed E-state index contributed by atoms with van der Waals surface area (Å²) in [6, 6.07) is 43.1. The van der Waals surface area contributed by atoms with E-state index in [1.54, 1.807) is 0 Å². The van der Waals surface area contributed by atoms with Crippen molar-refractivity contribution in [2.75, 3.05) is 0 Å². The van der Waals surface area contributed by atoms with Crippen LogP contribution in [0, 0.1) is 41.5 Å². The summed E-state index contributed by atoms with van der Waals surface area (Å²) in [5.74, 6) is 0. The molecule has 0 aliphatic rings. The number of rotatable bonds is 18. The van der Waals surface area contributed by atoms with E-state index in [-0.39, 0.29) is 0 Å². The minimum atomic E-state index is 1.18. The lowest BCUT2D eigenvalue weighted by atomic mass is 9.84. The highest BCUT2D eigenvalue weighted by Gasteiger charge is 2.20. The molecule has 12 aromatic carbocycles. The molecule has 0 N–H and O–H groups in total. The molecule has 0 radical (unpaired) electrons. The molecule has 0 unspecified atom stereocenters. The molecular formula is C78H90. The standard InChI is InChI=1S/3C26H30/c1-5-7-9-19-15-21-11-14-24-18(4)20(10-8-6-2)16-22-12-13-23(17(19)3)25(21)26(22)24;1-5-7-9-19-15-17(3)21-12-14-24-20(10-8-6-2)16-18(4)22-11-13-23(19)25(21)26(22)24;1-5-7-9-19-15-23-17(3)12-14-22-20(10-8-6-2)16-24-18(4)11-13-21(19)25(24)26(22)23/h3*11-16H,5-10H2,1-4H3. The molecule has 0 nitrogen and oxygen atoms in total. The van der Waals surface area contributed by atoms with Crippen molar-refractivity contribution in [3.05, 3.63) is 176 Å². The van der Waals surface area contributed by atoms with Gasteiger partial charge in [0, 0.05) is 0 Å². The van der Waals surface area contributed by atoms with Crippen LogP contribution in [0.4, 0.5) is 0 Å². The zero-order chi connectivity index (χ0) is 54.8. The van der Waals surface area contributed by atoms with Crippen LogP contribution in [-0.4, -0.2) is 0 Å². The zero-order valence-electron chi connectivity index (χ0n) is 50.1. The fourth-order valence-corrected chi connectivity index (χ4v) is 13.8. The van der Waals surface area contributed by atoms with Crippen molar-refractivity contribution in [1.29, 1.82) is 0 Å². The third kappa shape index (κ3) is 10.2. The molecule has 0 saturated carbocycles.